The lowest BCUT2D eigenvalue weighted by molar-refractivity contribution is -0.128. The maximum Gasteiger partial charge on any atom is 0.255 e. The van der Waals surface area contributed by atoms with Crippen LogP contribution in [0.15, 0.2) is 12.1 Å². The molecule has 4 aliphatic rings. The Labute approximate surface area is 214 Å². The Hall–Kier alpha value is -2.31. The highest BCUT2D eigenvalue weighted by molar-refractivity contribution is 5.98. The van der Waals surface area contributed by atoms with Gasteiger partial charge < -0.3 is 20.1 Å². The first-order chi connectivity index (χ1) is 17.3. The van der Waals surface area contributed by atoms with E-state index in [1.165, 1.54) is 19.6 Å². The summed E-state index contributed by atoms with van der Waals surface area (Å²) >= 11 is 0. The Morgan fingerprint density at radius 3 is 2.47 bits per heavy atom. The lowest BCUT2D eigenvalue weighted by Crippen LogP contribution is -2.51. The number of benzene rings is 1. The second-order valence-corrected chi connectivity index (χ2v) is 12.2. The molecule has 0 aliphatic heterocycles. The van der Waals surface area contributed by atoms with E-state index < -0.39 is 11.7 Å². The predicted octanol–water partition coefficient (Wildman–Crippen LogP) is 5.24. The van der Waals surface area contributed by atoms with E-state index in [4.69, 9.17) is 9.47 Å². The predicted molar refractivity (Wildman–Crippen MR) is 136 cm³/mol. The van der Waals surface area contributed by atoms with Crippen LogP contribution in [0.1, 0.15) is 88.4 Å². The molecule has 0 saturated heterocycles. The molecule has 198 valence electrons. The molecule has 2 N–H and O–H groups in total. The van der Waals surface area contributed by atoms with Crippen LogP contribution in [0.5, 0.6) is 11.5 Å². The van der Waals surface area contributed by atoms with Gasteiger partial charge in [0.1, 0.15) is 5.75 Å². The smallest absolute Gasteiger partial charge is 0.255 e. The Morgan fingerprint density at radius 2 is 1.81 bits per heavy atom. The van der Waals surface area contributed by atoms with Gasteiger partial charge in [-0.3, -0.25) is 9.59 Å². The SMILES string of the molecule is COc1c(F)cc(OC2CCC(C)CC2)cc1C(=O)N[C@@H]1[C@H]2CC[C@H](C2)[C@@H]1C(=O)NCC1(C)CCC1. The van der Waals surface area contributed by atoms with Crippen LogP contribution in [0, 0.1) is 34.9 Å². The third-order valence-corrected chi connectivity index (χ3v) is 9.50. The number of hydrogen-bond donors (Lipinski definition) is 2. The van der Waals surface area contributed by atoms with Crippen LogP contribution in [-0.4, -0.2) is 37.6 Å². The van der Waals surface area contributed by atoms with Crippen LogP contribution in [0.2, 0.25) is 0 Å². The summed E-state index contributed by atoms with van der Waals surface area (Å²) in [5, 5.41) is 6.31. The van der Waals surface area contributed by atoms with Crippen LogP contribution >= 0.6 is 0 Å². The second kappa shape index (κ2) is 10.2. The molecule has 7 heteroatoms. The minimum absolute atomic E-state index is 0.0288. The number of amides is 2. The summed E-state index contributed by atoms with van der Waals surface area (Å²) in [7, 11) is 1.37. The van der Waals surface area contributed by atoms with Gasteiger partial charge in [-0.05, 0) is 87.0 Å². The number of fused-ring (bicyclic) bond motifs is 2. The van der Waals surface area contributed by atoms with Gasteiger partial charge in [0.15, 0.2) is 11.6 Å². The molecule has 2 amide bonds. The fourth-order valence-electron chi connectivity index (χ4n) is 7.03. The molecule has 0 aromatic heterocycles. The fourth-order valence-corrected chi connectivity index (χ4v) is 7.03. The first kappa shape index (κ1) is 25.3. The molecule has 1 aromatic rings. The van der Waals surface area contributed by atoms with Gasteiger partial charge in [0.05, 0.1) is 24.7 Å². The molecular weight excluding hydrogens is 459 g/mol. The number of nitrogens with one attached hydrogen (secondary N) is 2. The highest BCUT2D eigenvalue weighted by atomic mass is 19.1. The lowest BCUT2D eigenvalue weighted by Gasteiger charge is -2.39. The first-order valence-corrected chi connectivity index (χ1v) is 13.9. The number of hydrogen-bond acceptors (Lipinski definition) is 4. The number of methoxy groups -OCH3 is 1. The van der Waals surface area contributed by atoms with Crippen LogP contribution in [0.25, 0.3) is 0 Å². The summed E-state index contributed by atoms with van der Waals surface area (Å²) in [6, 6.07) is 2.65. The molecule has 4 atom stereocenters. The Balaban J connectivity index is 1.30. The number of rotatable bonds is 8. The Kier molecular flexibility index (Phi) is 7.19. The average molecular weight is 501 g/mol. The largest absolute Gasteiger partial charge is 0.493 e. The van der Waals surface area contributed by atoms with Gasteiger partial charge in [0, 0.05) is 18.7 Å². The standard InChI is InChI=1S/C29H41FN2O4/c1-17-5-9-20(10-6-17)36-21-14-22(26(35-3)23(30)15-21)27(33)32-25-19-8-7-18(13-19)24(25)28(34)31-16-29(2)11-4-12-29/h14-15,17-20,24-25H,4-13,16H2,1-3H3,(H,31,34)(H,32,33)/t17?,18-,19+,20?,24+,25-/m1/s1. The molecule has 4 aliphatic carbocycles. The monoisotopic (exact) mass is 500 g/mol. The molecule has 2 bridgehead atoms. The summed E-state index contributed by atoms with van der Waals surface area (Å²) in [6.45, 7) is 5.15. The maximum atomic E-state index is 15.0. The molecule has 0 spiro atoms. The second-order valence-electron chi connectivity index (χ2n) is 12.2. The molecule has 0 radical (unpaired) electrons. The Morgan fingerprint density at radius 1 is 1.08 bits per heavy atom. The van der Waals surface area contributed by atoms with Crippen molar-refractivity contribution in [3.05, 3.63) is 23.5 Å². The molecule has 6 nitrogen and oxygen atoms in total. The summed E-state index contributed by atoms with van der Waals surface area (Å²) in [5.41, 5.74) is 0.328. The van der Waals surface area contributed by atoms with Crippen LogP contribution in [-0.2, 0) is 4.79 Å². The topological polar surface area (TPSA) is 76.7 Å². The van der Waals surface area contributed by atoms with Gasteiger partial charge in [-0.2, -0.15) is 0 Å². The van der Waals surface area contributed by atoms with E-state index in [0.29, 0.717) is 18.2 Å². The van der Waals surface area contributed by atoms with E-state index in [2.05, 4.69) is 24.5 Å². The summed E-state index contributed by atoms with van der Waals surface area (Å²) in [5.74, 6) is 0.300. The highest BCUT2D eigenvalue weighted by Crippen LogP contribution is 2.49. The van der Waals surface area contributed by atoms with E-state index in [9.17, 15) is 14.0 Å². The van der Waals surface area contributed by atoms with Crippen LogP contribution in [0.3, 0.4) is 0 Å². The average Bonchev–Trinajstić information content (AvgIpc) is 3.44. The maximum absolute atomic E-state index is 15.0. The van der Waals surface area contributed by atoms with E-state index >= 15 is 0 Å². The zero-order chi connectivity index (χ0) is 25.4. The summed E-state index contributed by atoms with van der Waals surface area (Å²) < 4.78 is 26.3. The number of carbonyl (C=O) groups is 2. The van der Waals surface area contributed by atoms with Crippen molar-refractivity contribution in [1.82, 2.24) is 10.6 Å². The molecule has 0 unspecified atom stereocenters. The minimum Gasteiger partial charge on any atom is -0.493 e. The third kappa shape index (κ3) is 5.08. The van der Waals surface area contributed by atoms with Gasteiger partial charge in [-0.25, -0.2) is 4.39 Å². The quantitative estimate of drug-likeness (QED) is 0.512. The van der Waals surface area contributed by atoms with Crippen molar-refractivity contribution in [2.24, 2.45) is 29.1 Å². The molecular formula is C29H41FN2O4. The van der Waals surface area contributed by atoms with E-state index in [-0.39, 0.29) is 52.5 Å². The number of carbonyl (C=O) groups excluding carboxylic acids is 2. The third-order valence-electron chi connectivity index (χ3n) is 9.50. The molecule has 4 fully saturated rings. The van der Waals surface area contributed by atoms with Gasteiger partial charge in [0.2, 0.25) is 5.91 Å². The van der Waals surface area contributed by atoms with Gasteiger partial charge >= 0.3 is 0 Å². The molecule has 5 rings (SSSR count). The normalized spacial score (nSPS) is 32.4. The van der Waals surface area contributed by atoms with Crippen molar-refractivity contribution < 1.29 is 23.5 Å². The van der Waals surface area contributed by atoms with Crippen molar-refractivity contribution in [2.75, 3.05) is 13.7 Å². The molecule has 4 saturated carbocycles. The van der Waals surface area contributed by atoms with E-state index in [0.717, 1.165) is 57.8 Å². The minimum atomic E-state index is -0.611. The van der Waals surface area contributed by atoms with Crippen molar-refractivity contribution in [3.8, 4) is 11.5 Å². The highest BCUT2D eigenvalue weighted by Gasteiger charge is 2.51. The fraction of sp³-hybridized carbons (Fsp3) is 0.724. The molecule has 0 heterocycles. The van der Waals surface area contributed by atoms with Gasteiger partial charge in [-0.1, -0.05) is 20.3 Å². The zero-order valence-electron chi connectivity index (χ0n) is 21.9. The lowest BCUT2D eigenvalue weighted by atomic mass is 9.70. The van der Waals surface area contributed by atoms with Gasteiger partial charge in [-0.15, -0.1) is 0 Å². The van der Waals surface area contributed by atoms with Gasteiger partial charge in [0.25, 0.3) is 5.91 Å². The van der Waals surface area contributed by atoms with E-state index in [1.54, 1.807) is 6.07 Å². The van der Waals surface area contributed by atoms with Crippen molar-refractivity contribution >= 4 is 11.8 Å². The molecule has 1 aromatic carbocycles. The number of ether oxygens (including phenoxy) is 2. The summed E-state index contributed by atoms with van der Waals surface area (Å²) in [6.07, 6.45) is 10.6. The zero-order valence-corrected chi connectivity index (χ0v) is 21.9. The van der Waals surface area contributed by atoms with Crippen molar-refractivity contribution in [2.45, 2.75) is 90.2 Å². The number of halogens is 1. The Bertz CT molecular complexity index is 986. The van der Waals surface area contributed by atoms with E-state index in [1.807, 2.05) is 0 Å². The van der Waals surface area contributed by atoms with Crippen molar-refractivity contribution in [3.63, 3.8) is 0 Å². The van der Waals surface area contributed by atoms with Crippen LogP contribution in [0.4, 0.5) is 4.39 Å². The van der Waals surface area contributed by atoms with Crippen molar-refractivity contribution in [1.29, 1.82) is 0 Å². The first-order valence-electron chi connectivity index (χ1n) is 13.9. The molecule has 36 heavy (non-hydrogen) atoms. The summed E-state index contributed by atoms with van der Waals surface area (Å²) in [4.78, 5) is 26.8. The van der Waals surface area contributed by atoms with Crippen LogP contribution < -0.4 is 20.1 Å².